The van der Waals surface area contributed by atoms with Gasteiger partial charge in [-0.15, -0.1) is 0 Å². The molecule has 1 aromatic carbocycles. The number of likely N-dealkylation sites (tertiary alicyclic amines) is 1. The van der Waals surface area contributed by atoms with Crippen molar-refractivity contribution in [2.24, 2.45) is 0 Å². The van der Waals surface area contributed by atoms with Gasteiger partial charge in [0.05, 0.1) is 6.61 Å². The lowest BCUT2D eigenvalue weighted by Crippen LogP contribution is -2.53. The molecule has 1 heterocycles. The highest BCUT2D eigenvalue weighted by molar-refractivity contribution is 5.75. The normalized spacial score (nSPS) is 16.0. The Kier molecular flexibility index (Phi) is 7.03. The second-order valence-corrected chi connectivity index (χ2v) is 7.04. The van der Waals surface area contributed by atoms with E-state index >= 15 is 0 Å². The van der Waals surface area contributed by atoms with Crippen molar-refractivity contribution >= 4 is 5.91 Å². The van der Waals surface area contributed by atoms with Crippen molar-refractivity contribution in [2.45, 2.75) is 51.5 Å². The van der Waals surface area contributed by atoms with Crippen molar-refractivity contribution < 1.29 is 13.9 Å². The van der Waals surface area contributed by atoms with E-state index < -0.39 is 0 Å². The average Bonchev–Trinajstić information content (AvgIpc) is 2.59. The molecule has 0 aliphatic carbocycles. The third-order valence-electron chi connectivity index (χ3n) is 4.56. The van der Waals surface area contributed by atoms with Gasteiger partial charge in [-0.3, -0.25) is 9.69 Å². The zero-order valence-electron chi connectivity index (χ0n) is 14.8. The molecule has 0 bridgehead atoms. The van der Waals surface area contributed by atoms with Crippen LogP contribution in [0.25, 0.3) is 0 Å². The van der Waals surface area contributed by atoms with E-state index in [2.05, 4.69) is 24.1 Å². The van der Waals surface area contributed by atoms with Crippen LogP contribution >= 0.6 is 0 Å². The van der Waals surface area contributed by atoms with E-state index in [1.807, 2.05) is 0 Å². The molecule has 1 aliphatic heterocycles. The van der Waals surface area contributed by atoms with Crippen molar-refractivity contribution in [3.63, 3.8) is 0 Å². The number of hydrogen-bond acceptors (Lipinski definition) is 3. The highest BCUT2D eigenvalue weighted by atomic mass is 19.1. The number of carbonyl (C=O) groups excluding carboxylic acids is 1. The number of piperidine rings is 1. The number of hydrogen-bond donors (Lipinski definition) is 1. The van der Waals surface area contributed by atoms with Gasteiger partial charge in [0.1, 0.15) is 11.6 Å². The zero-order valence-corrected chi connectivity index (χ0v) is 14.8. The minimum atomic E-state index is -0.280. The van der Waals surface area contributed by atoms with E-state index in [9.17, 15) is 9.18 Å². The Morgan fingerprint density at radius 1 is 1.21 bits per heavy atom. The lowest BCUT2D eigenvalue weighted by Gasteiger charge is -2.41. The summed E-state index contributed by atoms with van der Waals surface area (Å²) >= 11 is 0. The third kappa shape index (κ3) is 6.11. The first kappa shape index (κ1) is 18.7. The van der Waals surface area contributed by atoms with Gasteiger partial charge in [-0.25, -0.2) is 4.39 Å². The minimum absolute atomic E-state index is 0.000686. The number of nitrogens with one attached hydrogen (secondary N) is 1. The summed E-state index contributed by atoms with van der Waals surface area (Å²) in [5.74, 6) is 0.406. The van der Waals surface area contributed by atoms with Gasteiger partial charge >= 0.3 is 0 Å². The monoisotopic (exact) mass is 336 g/mol. The van der Waals surface area contributed by atoms with E-state index in [-0.39, 0.29) is 17.3 Å². The quantitative estimate of drug-likeness (QED) is 0.740. The van der Waals surface area contributed by atoms with Crippen LogP contribution in [0.5, 0.6) is 5.75 Å². The molecule has 1 amide bonds. The molecule has 1 N–H and O–H groups in total. The summed E-state index contributed by atoms with van der Waals surface area (Å²) in [6.45, 7) is 7.74. The van der Waals surface area contributed by atoms with Crippen LogP contribution in [0.1, 0.15) is 46.0 Å². The highest BCUT2D eigenvalue weighted by Crippen LogP contribution is 2.19. The summed E-state index contributed by atoms with van der Waals surface area (Å²) in [6, 6.07) is 5.92. The first-order chi connectivity index (χ1) is 11.5. The predicted octanol–water partition coefficient (Wildman–Crippen LogP) is 3.37. The number of benzene rings is 1. The Morgan fingerprint density at radius 3 is 2.54 bits per heavy atom. The van der Waals surface area contributed by atoms with Crippen LogP contribution in [-0.2, 0) is 4.79 Å². The number of carbonyl (C=O) groups is 1. The van der Waals surface area contributed by atoms with Crippen molar-refractivity contribution in [2.75, 3.05) is 26.2 Å². The van der Waals surface area contributed by atoms with Crippen LogP contribution in [-0.4, -0.2) is 42.6 Å². The largest absolute Gasteiger partial charge is 0.494 e. The summed E-state index contributed by atoms with van der Waals surface area (Å²) in [7, 11) is 0. The molecule has 1 aliphatic rings. The topological polar surface area (TPSA) is 41.6 Å². The Labute approximate surface area is 144 Å². The Balaban J connectivity index is 1.61. The first-order valence-electron chi connectivity index (χ1n) is 8.87. The molecule has 2 rings (SSSR count). The summed E-state index contributed by atoms with van der Waals surface area (Å²) in [6.07, 6.45) is 4.90. The highest BCUT2D eigenvalue weighted by Gasteiger charge is 2.28. The van der Waals surface area contributed by atoms with Crippen LogP contribution in [0.2, 0.25) is 0 Å². The minimum Gasteiger partial charge on any atom is -0.494 e. The number of ether oxygens (including phenoxy) is 1. The third-order valence-corrected chi connectivity index (χ3v) is 4.56. The van der Waals surface area contributed by atoms with E-state index in [4.69, 9.17) is 4.74 Å². The van der Waals surface area contributed by atoms with Gasteiger partial charge in [0, 0.05) is 18.5 Å². The maximum Gasteiger partial charge on any atom is 0.220 e. The van der Waals surface area contributed by atoms with Gasteiger partial charge in [0.15, 0.2) is 0 Å². The van der Waals surface area contributed by atoms with Crippen molar-refractivity contribution in [3.05, 3.63) is 30.1 Å². The predicted molar refractivity (Wildman–Crippen MR) is 93.6 cm³/mol. The molecule has 1 fully saturated rings. The molecule has 0 saturated carbocycles. The standard InChI is InChI=1S/C19H29FN2O2/c1-19(2,22-12-4-3-5-13-22)15-21-18(23)7-6-14-24-17-10-8-16(20)9-11-17/h8-11H,3-7,12-15H2,1-2H3,(H,21,23). The van der Waals surface area contributed by atoms with Gasteiger partial charge in [0.2, 0.25) is 5.91 Å². The molecule has 0 atom stereocenters. The van der Waals surface area contributed by atoms with Crippen molar-refractivity contribution in [1.82, 2.24) is 10.2 Å². The molecule has 0 aromatic heterocycles. The second-order valence-electron chi connectivity index (χ2n) is 7.04. The zero-order chi connectivity index (χ0) is 17.4. The van der Waals surface area contributed by atoms with Gasteiger partial charge in [0.25, 0.3) is 0 Å². The SMILES string of the molecule is CC(C)(CNC(=O)CCCOc1ccc(F)cc1)N1CCCCC1. The Hall–Kier alpha value is -1.62. The fraction of sp³-hybridized carbons (Fsp3) is 0.632. The van der Waals surface area contributed by atoms with E-state index in [1.165, 1.54) is 31.4 Å². The van der Waals surface area contributed by atoms with E-state index in [1.54, 1.807) is 12.1 Å². The fourth-order valence-electron chi connectivity index (χ4n) is 2.97. The molecule has 0 unspecified atom stereocenters. The number of amides is 1. The van der Waals surface area contributed by atoms with Gasteiger partial charge < -0.3 is 10.1 Å². The van der Waals surface area contributed by atoms with Crippen LogP contribution in [0.4, 0.5) is 4.39 Å². The maximum atomic E-state index is 12.8. The summed E-state index contributed by atoms with van der Waals surface area (Å²) in [5, 5.41) is 3.04. The van der Waals surface area contributed by atoms with E-state index in [0.29, 0.717) is 31.7 Å². The van der Waals surface area contributed by atoms with Crippen molar-refractivity contribution in [1.29, 1.82) is 0 Å². The molecular weight excluding hydrogens is 307 g/mol. The van der Waals surface area contributed by atoms with Gasteiger partial charge in [-0.2, -0.15) is 0 Å². The molecule has 0 radical (unpaired) electrons. The molecular formula is C19H29FN2O2. The smallest absolute Gasteiger partial charge is 0.220 e. The first-order valence-corrected chi connectivity index (χ1v) is 8.87. The molecule has 1 saturated heterocycles. The molecule has 4 nitrogen and oxygen atoms in total. The van der Waals surface area contributed by atoms with E-state index in [0.717, 1.165) is 13.1 Å². The summed E-state index contributed by atoms with van der Waals surface area (Å²) in [4.78, 5) is 14.5. The van der Waals surface area contributed by atoms with Crippen LogP contribution in [0.15, 0.2) is 24.3 Å². The second kappa shape index (κ2) is 9.02. The Bertz CT molecular complexity index is 511. The maximum absolute atomic E-state index is 12.8. The van der Waals surface area contributed by atoms with Gasteiger partial charge in [-0.1, -0.05) is 6.42 Å². The van der Waals surface area contributed by atoms with Crippen LogP contribution < -0.4 is 10.1 Å². The summed E-state index contributed by atoms with van der Waals surface area (Å²) in [5.41, 5.74) is 0.000686. The van der Waals surface area contributed by atoms with Crippen LogP contribution in [0.3, 0.4) is 0 Å². The molecule has 5 heteroatoms. The lowest BCUT2D eigenvalue weighted by atomic mass is 9.98. The number of nitrogens with zero attached hydrogens (tertiary/aromatic N) is 1. The lowest BCUT2D eigenvalue weighted by molar-refractivity contribution is -0.121. The van der Waals surface area contributed by atoms with Crippen molar-refractivity contribution in [3.8, 4) is 5.75 Å². The Morgan fingerprint density at radius 2 is 1.88 bits per heavy atom. The number of rotatable bonds is 8. The van der Waals surface area contributed by atoms with Gasteiger partial charge in [-0.05, 0) is 70.5 Å². The average molecular weight is 336 g/mol. The number of halogens is 1. The molecule has 24 heavy (non-hydrogen) atoms. The molecule has 0 spiro atoms. The van der Waals surface area contributed by atoms with Crippen LogP contribution in [0, 0.1) is 5.82 Å². The molecule has 1 aromatic rings. The summed E-state index contributed by atoms with van der Waals surface area (Å²) < 4.78 is 18.3. The fourth-order valence-corrected chi connectivity index (χ4v) is 2.97. The molecule has 134 valence electrons.